The van der Waals surface area contributed by atoms with Gasteiger partial charge in [-0.25, -0.2) is 13.1 Å². The highest BCUT2D eigenvalue weighted by molar-refractivity contribution is 7.90. The van der Waals surface area contributed by atoms with Crippen LogP contribution in [-0.2, 0) is 10.0 Å². The van der Waals surface area contributed by atoms with Gasteiger partial charge in [0.15, 0.2) is 0 Å². The summed E-state index contributed by atoms with van der Waals surface area (Å²) in [6.45, 7) is 0. The molecule has 1 amide bonds. The second kappa shape index (κ2) is 6.12. The number of rotatable bonds is 0. The van der Waals surface area contributed by atoms with Crippen LogP contribution in [0.4, 0.5) is 0 Å². The number of fused-ring (bicyclic) bond motifs is 1. The normalized spacial score (nSPS) is 14.2. The van der Waals surface area contributed by atoms with Gasteiger partial charge in [-0.1, -0.05) is 48.5 Å². The van der Waals surface area contributed by atoms with E-state index < -0.39 is 15.9 Å². The largest absolute Gasteiger partial charge is 0.344 e. The first-order valence-corrected chi connectivity index (χ1v) is 6.76. The lowest BCUT2D eigenvalue weighted by Gasteiger charge is -1.91. The van der Waals surface area contributed by atoms with Gasteiger partial charge in [0.2, 0.25) is 0 Å². The highest BCUT2D eigenvalue weighted by Crippen LogP contribution is 2.20. The summed E-state index contributed by atoms with van der Waals surface area (Å²) in [5.74, 6) is -0.550. The molecule has 0 fully saturated rings. The van der Waals surface area contributed by atoms with E-state index in [-0.39, 0.29) is 16.6 Å². The molecule has 0 aromatic heterocycles. The van der Waals surface area contributed by atoms with E-state index in [9.17, 15) is 13.2 Å². The monoisotopic (exact) mass is 278 g/mol. The maximum Gasteiger partial charge on any atom is 0.266 e. The Bertz CT molecular complexity index is 628. The smallest absolute Gasteiger partial charge is 0.266 e. The number of carbonyl (C=O) groups excluding carboxylic acids is 1. The van der Waals surface area contributed by atoms with Gasteiger partial charge in [-0.15, -0.1) is 0 Å². The van der Waals surface area contributed by atoms with Crippen LogP contribution >= 0.6 is 0 Å². The van der Waals surface area contributed by atoms with Gasteiger partial charge in [0.25, 0.3) is 15.9 Å². The molecule has 2 aromatic carbocycles. The number of amides is 1. The molecule has 19 heavy (non-hydrogen) atoms. The summed E-state index contributed by atoms with van der Waals surface area (Å²) in [6, 6.07) is 18.1. The van der Waals surface area contributed by atoms with E-state index >= 15 is 0 Å². The maximum atomic E-state index is 11.1. The molecule has 1 heterocycles. The van der Waals surface area contributed by atoms with Crippen LogP contribution in [0.5, 0.6) is 0 Å². The number of benzene rings is 2. The Hall–Kier alpha value is -2.18. The minimum Gasteiger partial charge on any atom is -0.344 e. The molecule has 3 rings (SSSR count). The predicted octanol–water partition coefficient (Wildman–Crippen LogP) is 1.97. The first-order chi connectivity index (χ1) is 8.61. The standard InChI is InChI=1S/C7H5NO3S.C6H6.H3N/c9-7-5-3-1-2-4-6(5)12(10,11)8-7;1-2-4-6-5-3-1;/h1-4H,(H,8,9);1-6H;1H3. The van der Waals surface area contributed by atoms with E-state index in [4.69, 9.17) is 0 Å². The number of sulfonamides is 1. The number of carbonyl (C=O) groups is 1. The van der Waals surface area contributed by atoms with Crippen LogP contribution in [0.3, 0.4) is 0 Å². The Morgan fingerprint density at radius 3 is 1.74 bits per heavy atom. The molecule has 1 aliphatic rings. The number of hydrogen-bond donors (Lipinski definition) is 2. The summed E-state index contributed by atoms with van der Waals surface area (Å²) >= 11 is 0. The Kier molecular flexibility index (Phi) is 4.80. The average Bonchev–Trinajstić information content (AvgIpc) is 2.64. The molecule has 2 aromatic rings. The van der Waals surface area contributed by atoms with E-state index in [1.165, 1.54) is 12.1 Å². The van der Waals surface area contributed by atoms with Crippen molar-refractivity contribution in [3.63, 3.8) is 0 Å². The number of hydrogen-bond acceptors (Lipinski definition) is 4. The molecule has 0 saturated heterocycles. The van der Waals surface area contributed by atoms with Crippen molar-refractivity contribution in [3.8, 4) is 0 Å². The molecule has 1 aliphatic heterocycles. The van der Waals surface area contributed by atoms with Gasteiger partial charge >= 0.3 is 0 Å². The molecule has 6 heteroatoms. The van der Waals surface area contributed by atoms with Gasteiger partial charge in [0.05, 0.1) is 5.56 Å². The Morgan fingerprint density at radius 2 is 1.26 bits per heavy atom. The van der Waals surface area contributed by atoms with Crippen molar-refractivity contribution in [1.82, 2.24) is 10.9 Å². The van der Waals surface area contributed by atoms with Crippen molar-refractivity contribution in [1.29, 1.82) is 0 Å². The van der Waals surface area contributed by atoms with Gasteiger partial charge in [0, 0.05) is 0 Å². The van der Waals surface area contributed by atoms with Crippen molar-refractivity contribution in [2.24, 2.45) is 0 Å². The molecule has 0 atom stereocenters. The Balaban J connectivity index is 0.000000220. The van der Waals surface area contributed by atoms with Gasteiger partial charge in [-0.2, -0.15) is 0 Å². The summed E-state index contributed by atoms with van der Waals surface area (Å²) in [5, 5.41) is 0. The second-order valence-electron chi connectivity index (χ2n) is 3.59. The van der Waals surface area contributed by atoms with E-state index in [1.54, 1.807) is 12.1 Å². The molecule has 4 N–H and O–H groups in total. The summed E-state index contributed by atoms with van der Waals surface area (Å²) in [7, 11) is -3.55. The van der Waals surface area contributed by atoms with Crippen molar-refractivity contribution >= 4 is 15.9 Å². The molecule has 0 radical (unpaired) electrons. The van der Waals surface area contributed by atoms with Gasteiger partial charge in [0.1, 0.15) is 4.90 Å². The quantitative estimate of drug-likeness (QED) is 0.769. The highest BCUT2D eigenvalue weighted by atomic mass is 32.2. The lowest BCUT2D eigenvalue weighted by atomic mass is 10.2. The second-order valence-corrected chi connectivity index (χ2v) is 5.24. The molecule has 0 spiro atoms. The molecular formula is C13H14N2O3S. The third-order valence-corrected chi connectivity index (χ3v) is 3.70. The van der Waals surface area contributed by atoms with E-state index in [1.807, 2.05) is 41.1 Å². The summed E-state index contributed by atoms with van der Waals surface area (Å²) < 4.78 is 24.2. The van der Waals surface area contributed by atoms with Crippen LogP contribution in [-0.4, -0.2) is 14.3 Å². The lowest BCUT2D eigenvalue weighted by molar-refractivity contribution is 0.0985. The average molecular weight is 278 g/mol. The van der Waals surface area contributed by atoms with E-state index in [0.29, 0.717) is 0 Å². The molecule has 100 valence electrons. The van der Waals surface area contributed by atoms with Crippen molar-refractivity contribution in [3.05, 3.63) is 66.2 Å². The predicted molar refractivity (Wildman–Crippen MR) is 72.6 cm³/mol. The van der Waals surface area contributed by atoms with Crippen molar-refractivity contribution in [2.75, 3.05) is 0 Å². The third-order valence-electron chi connectivity index (χ3n) is 2.31. The molecule has 0 bridgehead atoms. The molecule has 0 aliphatic carbocycles. The van der Waals surface area contributed by atoms with E-state index in [2.05, 4.69) is 0 Å². The van der Waals surface area contributed by atoms with Gasteiger partial charge in [-0.05, 0) is 12.1 Å². The molecule has 5 nitrogen and oxygen atoms in total. The van der Waals surface area contributed by atoms with Crippen LogP contribution in [0.25, 0.3) is 0 Å². The van der Waals surface area contributed by atoms with E-state index in [0.717, 1.165) is 0 Å². The lowest BCUT2D eigenvalue weighted by Crippen LogP contribution is -2.20. The fourth-order valence-electron chi connectivity index (χ4n) is 1.51. The van der Waals surface area contributed by atoms with Crippen LogP contribution in [0.1, 0.15) is 10.4 Å². The minimum absolute atomic E-state index is 0. The van der Waals surface area contributed by atoms with Crippen LogP contribution in [0.2, 0.25) is 0 Å². The SMILES string of the molecule is N.O=C1NS(=O)(=O)c2ccccc21.c1ccccc1. The molecule has 0 unspecified atom stereocenters. The first kappa shape index (κ1) is 14.9. The summed E-state index contributed by atoms with van der Waals surface area (Å²) in [5.41, 5.74) is 0.220. The highest BCUT2D eigenvalue weighted by Gasteiger charge is 2.31. The Morgan fingerprint density at radius 1 is 0.789 bits per heavy atom. The summed E-state index contributed by atoms with van der Waals surface area (Å²) in [6.07, 6.45) is 0. The third kappa shape index (κ3) is 3.40. The fourth-order valence-corrected chi connectivity index (χ4v) is 2.68. The zero-order valence-corrected chi connectivity index (χ0v) is 10.9. The van der Waals surface area contributed by atoms with Gasteiger partial charge in [-0.3, -0.25) is 4.79 Å². The molecular weight excluding hydrogens is 264 g/mol. The maximum absolute atomic E-state index is 11.1. The Labute approximate surface area is 111 Å². The zero-order chi connectivity index (χ0) is 13.0. The fraction of sp³-hybridized carbons (Fsp3) is 0. The van der Waals surface area contributed by atoms with Crippen molar-refractivity contribution < 1.29 is 13.2 Å². The van der Waals surface area contributed by atoms with Crippen LogP contribution < -0.4 is 10.9 Å². The van der Waals surface area contributed by atoms with Crippen LogP contribution in [0, 0.1) is 0 Å². The minimum atomic E-state index is -3.55. The first-order valence-electron chi connectivity index (χ1n) is 5.27. The van der Waals surface area contributed by atoms with Crippen LogP contribution in [0.15, 0.2) is 65.6 Å². The summed E-state index contributed by atoms with van der Waals surface area (Å²) in [4.78, 5) is 11.1. The topological polar surface area (TPSA) is 98.2 Å². The number of nitrogens with one attached hydrogen (secondary N) is 1. The van der Waals surface area contributed by atoms with Gasteiger partial charge < -0.3 is 6.15 Å². The van der Waals surface area contributed by atoms with Crippen molar-refractivity contribution in [2.45, 2.75) is 4.90 Å². The zero-order valence-electron chi connectivity index (χ0n) is 10.1. The molecule has 0 saturated carbocycles.